The predicted molar refractivity (Wildman–Crippen MR) is 118 cm³/mol. The minimum absolute atomic E-state index is 0.0439. The molecule has 1 aromatic heterocycles. The van der Waals surface area contributed by atoms with E-state index in [1.54, 1.807) is 12.1 Å². The van der Waals surface area contributed by atoms with Crippen molar-refractivity contribution >= 4 is 27.1 Å². The van der Waals surface area contributed by atoms with Gasteiger partial charge in [0, 0.05) is 13.1 Å². The van der Waals surface area contributed by atoms with Gasteiger partial charge in [0.05, 0.1) is 12.7 Å². The molecule has 4 rings (SSSR count). The molecule has 0 aliphatic carbocycles. The molecule has 9 heteroatoms. The molecule has 170 valence electrons. The quantitative estimate of drug-likeness (QED) is 0.517. The zero-order chi connectivity index (χ0) is 22.9. The molecule has 2 aromatic carbocycles. The highest BCUT2D eigenvalue weighted by atomic mass is 32.2. The smallest absolute Gasteiger partial charge is 0.338 e. The highest BCUT2D eigenvalue weighted by molar-refractivity contribution is 7.89. The summed E-state index contributed by atoms with van der Waals surface area (Å²) < 4.78 is 44.4. The minimum atomic E-state index is -3.84. The molecule has 1 fully saturated rings. The largest absolute Gasteiger partial charge is 0.495 e. The van der Waals surface area contributed by atoms with Gasteiger partial charge < -0.3 is 13.9 Å². The van der Waals surface area contributed by atoms with Gasteiger partial charge in [-0.3, -0.25) is 0 Å². The first kappa shape index (κ1) is 22.3. The van der Waals surface area contributed by atoms with E-state index >= 15 is 0 Å². The maximum atomic E-state index is 13.4. The van der Waals surface area contributed by atoms with E-state index in [1.807, 2.05) is 26.0 Å². The standard InChI is InChI=1S/C23H26N2O6S/c1-15-10-16(2)13-25(12-15)32(27,28)21-11-17(8-9-20(21)29-3)23(26)30-14-22-24-18-6-4-5-7-19(18)31-22/h4-9,11,15-16H,10,12-14H2,1-3H3. The Bertz CT molecular complexity index is 1190. The second-order valence-corrected chi connectivity index (χ2v) is 10.2. The third-order valence-electron chi connectivity index (χ3n) is 5.52. The van der Waals surface area contributed by atoms with E-state index in [1.165, 1.54) is 29.6 Å². The van der Waals surface area contributed by atoms with Crippen molar-refractivity contribution in [2.75, 3.05) is 20.2 Å². The van der Waals surface area contributed by atoms with Crippen LogP contribution in [0.4, 0.5) is 0 Å². The van der Waals surface area contributed by atoms with Crippen molar-refractivity contribution < 1.29 is 27.1 Å². The number of nitrogens with zero attached hydrogens (tertiary/aromatic N) is 2. The van der Waals surface area contributed by atoms with Crippen LogP contribution in [0.2, 0.25) is 0 Å². The first-order valence-corrected chi connectivity index (χ1v) is 11.9. The van der Waals surface area contributed by atoms with Gasteiger partial charge in [-0.05, 0) is 48.6 Å². The third-order valence-corrected chi connectivity index (χ3v) is 7.37. The van der Waals surface area contributed by atoms with Gasteiger partial charge in [0.25, 0.3) is 0 Å². The van der Waals surface area contributed by atoms with Crippen LogP contribution in [0.15, 0.2) is 51.8 Å². The number of carbonyl (C=O) groups is 1. The van der Waals surface area contributed by atoms with Gasteiger partial charge in [0.2, 0.25) is 15.9 Å². The first-order chi connectivity index (χ1) is 15.3. The molecule has 2 unspecified atom stereocenters. The number of hydrogen-bond acceptors (Lipinski definition) is 7. The number of fused-ring (bicyclic) bond motifs is 1. The number of piperidine rings is 1. The molecule has 0 bridgehead atoms. The van der Waals surface area contributed by atoms with Crippen molar-refractivity contribution in [2.24, 2.45) is 11.8 Å². The van der Waals surface area contributed by atoms with E-state index in [9.17, 15) is 13.2 Å². The highest BCUT2D eigenvalue weighted by Gasteiger charge is 2.34. The number of aromatic nitrogens is 1. The summed E-state index contributed by atoms with van der Waals surface area (Å²) in [5.74, 6) is 0.281. The van der Waals surface area contributed by atoms with Gasteiger partial charge in [0.15, 0.2) is 12.2 Å². The average molecular weight is 459 g/mol. The second-order valence-electron chi connectivity index (χ2n) is 8.29. The molecular formula is C23H26N2O6S. The lowest BCUT2D eigenvalue weighted by molar-refractivity contribution is 0.0440. The molecule has 0 radical (unpaired) electrons. The number of ether oxygens (including phenoxy) is 2. The molecule has 3 aromatic rings. The normalized spacial score (nSPS) is 19.7. The van der Waals surface area contributed by atoms with Crippen molar-refractivity contribution in [3.05, 3.63) is 53.9 Å². The number of methoxy groups -OCH3 is 1. The Morgan fingerprint density at radius 3 is 2.56 bits per heavy atom. The number of rotatable bonds is 6. The summed E-state index contributed by atoms with van der Waals surface area (Å²) >= 11 is 0. The molecule has 8 nitrogen and oxygen atoms in total. The topological polar surface area (TPSA) is 98.9 Å². The Hall–Kier alpha value is -2.91. The van der Waals surface area contributed by atoms with E-state index in [-0.39, 0.29) is 40.5 Å². The van der Waals surface area contributed by atoms with Crippen molar-refractivity contribution in [3.63, 3.8) is 0 Å². The molecule has 0 N–H and O–H groups in total. The van der Waals surface area contributed by atoms with Crippen LogP contribution in [0.25, 0.3) is 11.1 Å². The van der Waals surface area contributed by atoms with Crippen molar-refractivity contribution in [3.8, 4) is 5.75 Å². The summed E-state index contributed by atoms with van der Waals surface area (Å²) in [7, 11) is -2.44. The van der Waals surface area contributed by atoms with Crippen LogP contribution in [0, 0.1) is 11.8 Å². The lowest BCUT2D eigenvalue weighted by Gasteiger charge is -2.34. The fourth-order valence-corrected chi connectivity index (χ4v) is 6.00. The van der Waals surface area contributed by atoms with Gasteiger partial charge in [0.1, 0.15) is 16.2 Å². The second kappa shape index (κ2) is 8.91. The Morgan fingerprint density at radius 1 is 1.16 bits per heavy atom. The molecule has 0 amide bonds. The van der Waals surface area contributed by atoms with Gasteiger partial charge in [-0.2, -0.15) is 4.31 Å². The molecule has 0 saturated carbocycles. The predicted octanol–water partition coefficient (Wildman–Crippen LogP) is 3.86. The number of oxazole rings is 1. The van der Waals surface area contributed by atoms with E-state index < -0.39 is 16.0 Å². The van der Waals surface area contributed by atoms with E-state index in [4.69, 9.17) is 13.9 Å². The Kier molecular flexibility index (Phi) is 6.21. The summed E-state index contributed by atoms with van der Waals surface area (Å²) in [4.78, 5) is 16.9. The molecule has 2 atom stereocenters. The molecular weight excluding hydrogens is 432 g/mol. The lowest BCUT2D eigenvalue weighted by Crippen LogP contribution is -2.42. The molecule has 32 heavy (non-hydrogen) atoms. The van der Waals surface area contributed by atoms with Gasteiger partial charge in [-0.1, -0.05) is 26.0 Å². The van der Waals surface area contributed by atoms with Crippen molar-refractivity contribution in [1.29, 1.82) is 0 Å². The Labute approximate surface area is 187 Å². The first-order valence-electron chi connectivity index (χ1n) is 10.5. The van der Waals surface area contributed by atoms with E-state index in [0.29, 0.717) is 24.2 Å². The highest BCUT2D eigenvalue weighted by Crippen LogP contribution is 2.32. The minimum Gasteiger partial charge on any atom is -0.495 e. The monoisotopic (exact) mass is 458 g/mol. The lowest BCUT2D eigenvalue weighted by atomic mass is 9.94. The summed E-state index contributed by atoms with van der Waals surface area (Å²) in [5.41, 5.74) is 1.38. The zero-order valence-corrected chi connectivity index (χ0v) is 19.1. The maximum absolute atomic E-state index is 13.4. The van der Waals surface area contributed by atoms with Gasteiger partial charge >= 0.3 is 5.97 Å². The Morgan fingerprint density at radius 2 is 1.88 bits per heavy atom. The van der Waals surface area contributed by atoms with Crippen LogP contribution in [0.5, 0.6) is 5.75 Å². The number of benzene rings is 2. The molecule has 0 spiro atoms. The van der Waals surface area contributed by atoms with E-state index in [2.05, 4.69) is 4.98 Å². The summed E-state index contributed by atoms with van der Waals surface area (Å²) in [6.07, 6.45) is 0.978. The maximum Gasteiger partial charge on any atom is 0.338 e. The van der Waals surface area contributed by atoms with Crippen molar-refractivity contribution in [2.45, 2.75) is 31.8 Å². The van der Waals surface area contributed by atoms with Crippen molar-refractivity contribution in [1.82, 2.24) is 9.29 Å². The Balaban J connectivity index is 1.56. The number of sulfonamides is 1. The molecule has 2 heterocycles. The third kappa shape index (κ3) is 4.49. The number of para-hydroxylation sites is 2. The summed E-state index contributed by atoms with van der Waals surface area (Å²) in [5, 5.41) is 0. The summed E-state index contributed by atoms with van der Waals surface area (Å²) in [6.45, 7) is 4.78. The molecule has 1 saturated heterocycles. The fraction of sp³-hybridized carbons (Fsp3) is 0.391. The number of hydrogen-bond donors (Lipinski definition) is 0. The van der Waals surface area contributed by atoms with Gasteiger partial charge in [-0.25, -0.2) is 18.2 Å². The average Bonchev–Trinajstić information content (AvgIpc) is 3.19. The summed E-state index contributed by atoms with van der Waals surface area (Å²) in [6, 6.07) is 11.5. The van der Waals surface area contributed by atoms with Crippen LogP contribution in [0.1, 0.15) is 36.5 Å². The fourth-order valence-electron chi connectivity index (χ4n) is 4.14. The molecule has 1 aliphatic heterocycles. The van der Waals surface area contributed by atoms with Crippen LogP contribution < -0.4 is 4.74 Å². The van der Waals surface area contributed by atoms with Crippen LogP contribution >= 0.6 is 0 Å². The molecule has 1 aliphatic rings. The van der Waals surface area contributed by atoms with E-state index in [0.717, 1.165) is 6.42 Å². The van der Waals surface area contributed by atoms with Crippen LogP contribution in [-0.2, 0) is 21.4 Å². The SMILES string of the molecule is COc1ccc(C(=O)OCc2nc3ccccc3o2)cc1S(=O)(=O)N1CC(C)CC(C)C1. The zero-order valence-electron chi connectivity index (χ0n) is 18.3. The van der Waals surface area contributed by atoms with Crippen LogP contribution in [0.3, 0.4) is 0 Å². The number of esters is 1. The van der Waals surface area contributed by atoms with Crippen LogP contribution in [-0.4, -0.2) is 43.9 Å². The number of carbonyl (C=O) groups excluding carboxylic acids is 1. The van der Waals surface area contributed by atoms with Gasteiger partial charge in [-0.15, -0.1) is 0 Å².